The van der Waals surface area contributed by atoms with E-state index in [1.54, 1.807) is 42.5 Å². The number of nitrogens with one attached hydrogen (secondary N) is 2. The molecular weight excluding hydrogens is 328 g/mol. The molecule has 0 saturated heterocycles. The van der Waals surface area contributed by atoms with Crippen LogP contribution in [0.2, 0.25) is 0 Å². The van der Waals surface area contributed by atoms with E-state index in [0.717, 1.165) is 5.56 Å². The Morgan fingerprint density at radius 3 is 1.88 bits per heavy atom. The van der Waals surface area contributed by atoms with Gasteiger partial charge in [0.05, 0.1) is 0 Å². The van der Waals surface area contributed by atoms with Crippen LogP contribution in [0.4, 0.5) is 5.69 Å². The predicted octanol–water partition coefficient (Wildman–Crippen LogP) is 3.80. The van der Waals surface area contributed by atoms with Gasteiger partial charge in [0.15, 0.2) is 0 Å². The van der Waals surface area contributed by atoms with Crippen molar-refractivity contribution in [3.63, 3.8) is 0 Å². The highest BCUT2D eigenvalue weighted by Gasteiger charge is 2.10. The van der Waals surface area contributed by atoms with E-state index in [9.17, 15) is 9.59 Å². The summed E-state index contributed by atoms with van der Waals surface area (Å²) in [6.45, 7) is 0.129. The third-order valence-electron chi connectivity index (χ3n) is 3.73. The van der Waals surface area contributed by atoms with Gasteiger partial charge in [-0.05, 0) is 30.3 Å². The third kappa shape index (κ3) is 4.55. The Balaban J connectivity index is 1.61. The standard InChI is InChI=1S/C21H18N2O3/c24-20(16-9-3-1-4-10-16)22-19-14-8-7-13-18(19)15-26-23-21(25)17-11-5-2-6-12-17/h1-14H,15H2,(H,22,24)(H,23,25). The molecule has 3 rings (SSSR count). The average molecular weight is 346 g/mol. The van der Waals surface area contributed by atoms with Gasteiger partial charge >= 0.3 is 0 Å². The molecule has 3 aromatic carbocycles. The first-order valence-corrected chi connectivity index (χ1v) is 8.15. The summed E-state index contributed by atoms with van der Waals surface area (Å²) in [6, 6.07) is 25.1. The highest BCUT2D eigenvalue weighted by Crippen LogP contribution is 2.17. The van der Waals surface area contributed by atoms with Gasteiger partial charge < -0.3 is 5.32 Å². The maximum Gasteiger partial charge on any atom is 0.274 e. The molecule has 0 aliphatic rings. The van der Waals surface area contributed by atoms with Crippen LogP contribution in [0.15, 0.2) is 84.9 Å². The molecule has 0 saturated carbocycles. The number of anilines is 1. The molecule has 130 valence electrons. The van der Waals surface area contributed by atoms with Crippen LogP contribution in [0.5, 0.6) is 0 Å². The Bertz CT molecular complexity index is 880. The lowest BCUT2D eigenvalue weighted by Gasteiger charge is -2.12. The summed E-state index contributed by atoms with van der Waals surface area (Å²) in [6.07, 6.45) is 0. The van der Waals surface area contributed by atoms with Crippen molar-refractivity contribution in [1.82, 2.24) is 5.48 Å². The van der Waals surface area contributed by atoms with Crippen LogP contribution in [0.1, 0.15) is 26.3 Å². The molecule has 5 heteroatoms. The highest BCUT2D eigenvalue weighted by atomic mass is 16.6. The summed E-state index contributed by atoms with van der Waals surface area (Å²) in [7, 11) is 0. The van der Waals surface area contributed by atoms with Crippen LogP contribution in [-0.2, 0) is 11.4 Å². The smallest absolute Gasteiger partial charge is 0.274 e. The van der Waals surface area contributed by atoms with Gasteiger partial charge in [-0.15, -0.1) is 0 Å². The zero-order chi connectivity index (χ0) is 18.2. The van der Waals surface area contributed by atoms with Gasteiger partial charge in [-0.1, -0.05) is 54.6 Å². The first-order valence-electron chi connectivity index (χ1n) is 8.15. The van der Waals surface area contributed by atoms with E-state index in [1.807, 2.05) is 42.5 Å². The maximum absolute atomic E-state index is 12.3. The zero-order valence-corrected chi connectivity index (χ0v) is 14.0. The average Bonchev–Trinajstić information content (AvgIpc) is 2.70. The monoisotopic (exact) mass is 346 g/mol. The molecule has 0 bridgehead atoms. The van der Waals surface area contributed by atoms with Gasteiger partial charge in [-0.3, -0.25) is 14.4 Å². The molecule has 2 N–H and O–H groups in total. The number of amides is 2. The molecule has 0 heterocycles. The molecule has 0 unspecified atom stereocenters. The molecule has 0 aromatic heterocycles. The molecule has 3 aromatic rings. The molecule has 0 spiro atoms. The predicted molar refractivity (Wildman–Crippen MR) is 99.5 cm³/mol. The van der Waals surface area contributed by atoms with E-state index in [1.165, 1.54) is 0 Å². The Labute approximate surface area is 151 Å². The van der Waals surface area contributed by atoms with E-state index < -0.39 is 0 Å². The fourth-order valence-electron chi connectivity index (χ4n) is 2.38. The van der Waals surface area contributed by atoms with Crippen molar-refractivity contribution in [2.24, 2.45) is 0 Å². The van der Waals surface area contributed by atoms with Crippen LogP contribution >= 0.6 is 0 Å². The highest BCUT2D eigenvalue weighted by molar-refractivity contribution is 6.04. The molecule has 0 fully saturated rings. The number of hydrogen-bond donors (Lipinski definition) is 2. The van der Waals surface area contributed by atoms with Crippen molar-refractivity contribution in [1.29, 1.82) is 0 Å². The van der Waals surface area contributed by atoms with Crippen molar-refractivity contribution in [3.05, 3.63) is 102 Å². The number of rotatable bonds is 6. The zero-order valence-electron chi connectivity index (χ0n) is 14.0. The first-order chi connectivity index (χ1) is 12.7. The number of para-hydroxylation sites is 1. The second kappa shape index (κ2) is 8.60. The Morgan fingerprint density at radius 2 is 1.23 bits per heavy atom. The lowest BCUT2D eigenvalue weighted by molar-refractivity contribution is 0.0235. The summed E-state index contributed by atoms with van der Waals surface area (Å²) in [5.74, 6) is -0.525. The van der Waals surface area contributed by atoms with E-state index >= 15 is 0 Å². The second-order valence-corrected chi connectivity index (χ2v) is 5.56. The minimum atomic E-state index is -0.323. The second-order valence-electron chi connectivity index (χ2n) is 5.56. The van der Waals surface area contributed by atoms with Crippen molar-refractivity contribution >= 4 is 17.5 Å². The number of hydroxylamine groups is 1. The fourth-order valence-corrected chi connectivity index (χ4v) is 2.38. The van der Waals surface area contributed by atoms with Gasteiger partial charge in [0.2, 0.25) is 0 Å². The van der Waals surface area contributed by atoms with Crippen LogP contribution in [0.25, 0.3) is 0 Å². The normalized spacial score (nSPS) is 10.2. The third-order valence-corrected chi connectivity index (χ3v) is 3.73. The number of benzene rings is 3. The van der Waals surface area contributed by atoms with Gasteiger partial charge in [0.25, 0.3) is 11.8 Å². The molecule has 0 radical (unpaired) electrons. The SMILES string of the molecule is O=C(NOCc1ccccc1NC(=O)c1ccccc1)c1ccccc1. The van der Waals surface area contributed by atoms with Crippen molar-refractivity contribution in [2.45, 2.75) is 6.61 Å². The fraction of sp³-hybridized carbons (Fsp3) is 0.0476. The largest absolute Gasteiger partial charge is 0.322 e. The number of hydrogen-bond acceptors (Lipinski definition) is 3. The Kier molecular flexibility index (Phi) is 5.75. The van der Waals surface area contributed by atoms with E-state index in [4.69, 9.17) is 4.84 Å². The summed E-state index contributed by atoms with van der Waals surface area (Å²) in [5.41, 5.74) is 4.88. The van der Waals surface area contributed by atoms with Crippen LogP contribution in [0.3, 0.4) is 0 Å². The van der Waals surface area contributed by atoms with E-state index in [0.29, 0.717) is 16.8 Å². The molecule has 26 heavy (non-hydrogen) atoms. The van der Waals surface area contributed by atoms with Gasteiger partial charge in [-0.25, -0.2) is 5.48 Å². The minimum Gasteiger partial charge on any atom is -0.322 e. The Morgan fingerprint density at radius 1 is 0.692 bits per heavy atom. The van der Waals surface area contributed by atoms with Crippen molar-refractivity contribution in [3.8, 4) is 0 Å². The molecule has 2 amide bonds. The van der Waals surface area contributed by atoms with Gasteiger partial charge in [0, 0.05) is 22.4 Å². The van der Waals surface area contributed by atoms with Crippen LogP contribution < -0.4 is 10.8 Å². The molecule has 0 aliphatic heterocycles. The van der Waals surface area contributed by atoms with Gasteiger partial charge in [-0.2, -0.15) is 0 Å². The summed E-state index contributed by atoms with van der Waals surface area (Å²) >= 11 is 0. The lowest BCUT2D eigenvalue weighted by Crippen LogP contribution is -2.23. The first kappa shape index (κ1) is 17.4. The summed E-state index contributed by atoms with van der Waals surface area (Å²) in [4.78, 5) is 29.6. The van der Waals surface area contributed by atoms with Gasteiger partial charge in [0.1, 0.15) is 6.61 Å². The topological polar surface area (TPSA) is 67.4 Å². The molecule has 5 nitrogen and oxygen atoms in total. The summed E-state index contributed by atoms with van der Waals surface area (Å²) < 4.78 is 0. The quantitative estimate of drug-likeness (QED) is 0.667. The van der Waals surface area contributed by atoms with Crippen molar-refractivity contribution in [2.75, 3.05) is 5.32 Å². The number of carbonyl (C=O) groups is 2. The van der Waals surface area contributed by atoms with E-state index in [-0.39, 0.29) is 18.4 Å². The Hall–Kier alpha value is -3.44. The van der Waals surface area contributed by atoms with Crippen LogP contribution in [-0.4, -0.2) is 11.8 Å². The minimum absolute atomic E-state index is 0.129. The maximum atomic E-state index is 12.3. The number of carbonyl (C=O) groups excluding carboxylic acids is 2. The molecule has 0 atom stereocenters. The summed E-state index contributed by atoms with van der Waals surface area (Å²) in [5, 5.41) is 2.86. The molecular formula is C21H18N2O3. The lowest BCUT2D eigenvalue weighted by atomic mass is 10.1. The van der Waals surface area contributed by atoms with E-state index in [2.05, 4.69) is 10.8 Å². The van der Waals surface area contributed by atoms with Crippen LogP contribution in [0, 0.1) is 0 Å². The molecule has 0 aliphatic carbocycles. The van der Waals surface area contributed by atoms with Crippen molar-refractivity contribution < 1.29 is 14.4 Å².